The fraction of sp³-hybridized carbons (Fsp3) is 0.300. The minimum Gasteiger partial charge on any atom is -0.434 e. The second kappa shape index (κ2) is 5.72. The summed E-state index contributed by atoms with van der Waals surface area (Å²) in [6, 6.07) is 4.52. The van der Waals surface area contributed by atoms with Gasteiger partial charge in [-0.25, -0.2) is 0 Å². The van der Waals surface area contributed by atoms with E-state index < -0.39 is 11.4 Å². The van der Waals surface area contributed by atoms with Gasteiger partial charge in [-0.2, -0.15) is 8.78 Å². The predicted molar refractivity (Wildman–Crippen MR) is 63.1 cm³/mol. The van der Waals surface area contributed by atoms with Crippen LogP contribution in [0.5, 0.6) is 5.75 Å². The highest BCUT2D eigenvalue weighted by Crippen LogP contribution is 2.32. The molecule has 1 aromatic carbocycles. The average molecular weight is 358 g/mol. The lowest BCUT2D eigenvalue weighted by Gasteiger charge is -2.10. The molecule has 1 unspecified atom stereocenters. The molecule has 0 bridgehead atoms. The third kappa shape index (κ3) is 3.52. The molecule has 1 aromatic rings. The van der Waals surface area contributed by atoms with E-state index in [1.807, 2.05) is 0 Å². The van der Waals surface area contributed by atoms with Gasteiger partial charge in [-0.15, -0.1) is 0 Å². The fourth-order valence-corrected chi connectivity index (χ4v) is 1.88. The maximum atomic E-state index is 12.0. The summed E-state index contributed by atoms with van der Waals surface area (Å²) in [6.07, 6.45) is 0. The van der Waals surface area contributed by atoms with Crippen LogP contribution in [0.3, 0.4) is 0 Å². The van der Waals surface area contributed by atoms with Crippen LogP contribution < -0.4 is 4.74 Å². The van der Waals surface area contributed by atoms with E-state index in [-0.39, 0.29) is 11.5 Å². The van der Waals surface area contributed by atoms with Crippen molar-refractivity contribution in [2.45, 2.75) is 18.4 Å². The summed E-state index contributed by atoms with van der Waals surface area (Å²) in [5.41, 5.74) is 0.681. The van der Waals surface area contributed by atoms with Crippen LogP contribution in [0.4, 0.5) is 8.78 Å². The molecule has 0 N–H and O–H groups in total. The zero-order chi connectivity index (χ0) is 12.3. The zero-order valence-corrected chi connectivity index (χ0v) is 11.4. The van der Waals surface area contributed by atoms with Gasteiger partial charge in [0.2, 0.25) is 0 Å². The Morgan fingerprint density at radius 3 is 2.50 bits per heavy atom. The summed E-state index contributed by atoms with van der Waals surface area (Å²) in [6.45, 7) is -1.42. The van der Waals surface area contributed by atoms with Crippen LogP contribution in [0.15, 0.2) is 22.7 Å². The smallest absolute Gasteiger partial charge is 0.387 e. The molecule has 0 aromatic heterocycles. The van der Waals surface area contributed by atoms with E-state index in [0.717, 1.165) is 0 Å². The molecule has 0 aliphatic rings. The summed E-state index contributed by atoms with van der Waals surface area (Å²) in [5, 5.41) is 0. The number of benzene rings is 1. The van der Waals surface area contributed by atoms with Crippen LogP contribution in [0.2, 0.25) is 0 Å². The third-order valence-electron chi connectivity index (χ3n) is 1.82. The first-order valence-corrected chi connectivity index (χ1v) is 6.01. The highest BCUT2D eigenvalue weighted by molar-refractivity contribution is 9.10. The van der Waals surface area contributed by atoms with E-state index in [4.69, 9.17) is 0 Å². The molecule has 0 saturated heterocycles. The van der Waals surface area contributed by atoms with Crippen molar-refractivity contribution in [2.24, 2.45) is 0 Å². The summed E-state index contributed by atoms with van der Waals surface area (Å²) >= 11 is 6.30. The quantitative estimate of drug-likeness (QED) is 0.759. The molecule has 6 heteroatoms. The number of Topliss-reactive ketones (excluding diaryl/α,β-unsaturated/α-hetero) is 1. The number of hydrogen-bond acceptors (Lipinski definition) is 2. The van der Waals surface area contributed by atoms with Crippen LogP contribution in [-0.2, 0) is 4.79 Å². The molecule has 0 saturated carbocycles. The molecule has 0 heterocycles. The largest absolute Gasteiger partial charge is 0.434 e. The zero-order valence-electron chi connectivity index (χ0n) is 8.22. The molecule has 88 valence electrons. The van der Waals surface area contributed by atoms with Crippen molar-refractivity contribution in [1.82, 2.24) is 0 Å². The summed E-state index contributed by atoms with van der Waals surface area (Å²) in [7, 11) is 0. The van der Waals surface area contributed by atoms with Gasteiger partial charge in [0.1, 0.15) is 11.5 Å². The van der Waals surface area contributed by atoms with E-state index in [2.05, 4.69) is 36.6 Å². The molecule has 0 spiro atoms. The Morgan fingerprint density at radius 1 is 1.44 bits per heavy atom. The highest BCUT2D eigenvalue weighted by Gasteiger charge is 2.15. The molecule has 1 atom stereocenters. The van der Waals surface area contributed by atoms with Crippen molar-refractivity contribution in [3.05, 3.63) is 28.2 Å². The maximum Gasteiger partial charge on any atom is 0.387 e. The highest BCUT2D eigenvalue weighted by atomic mass is 79.9. The lowest BCUT2D eigenvalue weighted by Crippen LogP contribution is -2.04. The summed E-state index contributed by atoms with van der Waals surface area (Å²) < 4.78 is 28.6. The summed E-state index contributed by atoms with van der Waals surface area (Å²) in [4.78, 5) is 10.7. The Balaban J connectivity index is 2.95. The SMILES string of the molecule is CC(=O)C(Br)c1ccc(OC(F)F)c(Br)c1. The Labute approximate surface area is 108 Å². The maximum absolute atomic E-state index is 12.0. The van der Waals surface area contributed by atoms with Crippen molar-refractivity contribution >= 4 is 37.6 Å². The monoisotopic (exact) mass is 356 g/mol. The number of carbonyl (C=O) groups excluding carboxylic acids is 1. The van der Waals surface area contributed by atoms with Gasteiger partial charge in [0.25, 0.3) is 0 Å². The van der Waals surface area contributed by atoms with Crippen molar-refractivity contribution in [3.63, 3.8) is 0 Å². The second-order valence-corrected chi connectivity index (χ2v) is 4.81. The number of alkyl halides is 3. The van der Waals surface area contributed by atoms with Gasteiger partial charge in [-0.1, -0.05) is 22.0 Å². The normalized spacial score (nSPS) is 12.6. The molecular formula is C10H8Br2F2O2. The van der Waals surface area contributed by atoms with Crippen LogP contribution in [0.25, 0.3) is 0 Å². The molecule has 0 aliphatic carbocycles. The average Bonchev–Trinajstić information content (AvgIpc) is 2.19. The predicted octanol–water partition coefficient (Wildman–Crippen LogP) is 4.08. The minimum absolute atomic E-state index is 0.0435. The van der Waals surface area contributed by atoms with Crippen LogP contribution in [0.1, 0.15) is 17.3 Å². The van der Waals surface area contributed by atoms with E-state index in [9.17, 15) is 13.6 Å². The van der Waals surface area contributed by atoms with Gasteiger partial charge in [-0.3, -0.25) is 4.79 Å². The van der Waals surface area contributed by atoms with Crippen molar-refractivity contribution in [2.75, 3.05) is 0 Å². The minimum atomic E-state index is -2.87. The molecular weight excluding hydrogens is 350 g/mol. The number of rotatable bonds is 4. The van der Waals surface area contributed by atoms with E-state index >= 15 is 0 Å². The number of halogens is 4. The van der Waals surface area contributed by atoms with E-state index in [1.54, 1.807) is 12.1 Å². The topological polar surface area (TPSA) is 26.3 Å². The van der Waals surface area contributed by atoms with Gasteiger partial charge in [-0.05, 0) is 40.5 Å². The number of ketones is 1. The number of hydrogen-bond donors (Lipinski definition) is 0. The third-order valence-corrected chi connectivity index (χ3v) is 3.61. The first-order chi connectivity index (χ1) is 7.41. The molecule has 0 amide bonds. The Morgan fingerprint density at radius 2 is 2.06 bits per heavy atom. The van der Waals surface area contributed by atoms with E-state index in [1.165, 1.54) is 13.0 Å². The van der Waals surface area contributed by atoms with Crippen molar-refractivity contribution in [3.8, 4) is 5.75 Å². The Kier molecular flexibility index (Phi) is 4.86. The Hall–Kier alpha value is -0.490. The molecule has 0 radical (unpaired) electrons. The molecule has 16 heavy (non-hydrogen) atoms. The lowest BCUT2D eigenvalue weighted by atomic mass is 10.1. The first-order valence-electron chi connectivity index (χ1n) is 4.30. The van der Waals surface area contributed by atoms with Crippen LogP contribution in [0, 0.1) is 0 Å². The molecule has 0 aliphatic heterocycles. The molecule has 1 rings (SSSR count). The van der Waals surface area contributed by atoms with Gasteiger partial charge >= 0.3 is 6.61 Å². The number of carbonyl (C=O) groups is 1. The van der Waals surface area contributed by atoms with Gasteiger partial charge in [0.05, 0.1) is 9.30 Å². The van der Waals surface area contributed by atoms with Gasteiger partial charge < -0.3 is 4.74 Å². The molecule has 2 nitrogen and oxygen atoms in total. The van der Waals surface area contributed by atoms with Crippen LogP contribution in [-0.4, -0.2) is 12.4 Å². The molecule has 0 fully saturated rings. The lowest BCUT2D eigenvalue weighted by molar-refractivity contribution is -0.116. The standard InChI is InChI=1S/C10H8Br2F2O2/c1-5(15)9(12)6-2-3-8(7(11)4-6)16-10(13)14/h2-4,9-10H,1H3. The van der Waals surface area contributed by atoms with Gasteiger partial charge in [0, 0.05) is 0 Å². The van der Waals surface area contributed by atoms with Gasteiger partial charge in [0.15, 0.2) is 0 Å². The fourth-order valence-electron chi connectivity index (χ4n) is 1.10. The first kappa shape index (κ1) is 13.6. The van der Waals surface area contributed by atoms with Crippen molar-refractivity contribution in [1.29, 1.82) is 0 Å². The van der Waals surface area contributed by atoms with Crippen LogP contribution >= 0.6 is 31.9 Å². The number of ether oxygens (including phenoxy) is 1. The second-order valence-electron chi connectivity index (χ2n) is 3.04. The van der Waals surface area contributed by atoms with Crippen molar-refractivity contribution < 1.29 is 18.3 Å². The summed E-state index contributed by atoms with van der Waals surface area (Å²) in [5.74, 6) is -0.0172. The van der Waals surface area contributed by atoms with E-state index in [0.29, 0.717) is 10.0 Å². The Bertz CT molecular complexity index is 396.